The van der Waals surface area contributed by atoms with Crippen molar-refractivity contribution < 1.29 is 4.79 Å². The highest BCUT2D eigenvalue weighted by atomic mass is 35.5. The SMILES string of the molecule is Cc1sc(Cl)cc1-c1cscc1-c1cc(C=O)sc1C. The maximum atomic E-state index is 11.0. The Morgan fingerprint density at radius 3 is 2.05 bits per heavy atom. The van der Waals surface area contributed by atoms with Crippen LogP contribution in [0.25, 0.3) is 22.3 Å². The van der Waals surface area contributed by atoms with Crippen LogP contribution < -0.4 is 0 Å². The lowest BCUT2D eigenvalue weighted by atomic mass is 10.0. The van der Waals surface area contributed by atoms with Crippen LogP contribution in [0.3, 0.4) is 0 Å². The van der Waals surface area contributed by atoms with E-state index in [0.29, 0.717) is 0 Å². The van der Waals surface area contributed by atoms with Crippen molar-refractivity contribution >= 4 is 51.9 Å². The van der Waals surface area contributed by atoms with Crippen molar-refractivity contribution in [1.82, 2.24) is 0 Å². The first-order valence-corrected chi connectivity index (χ1v) is 8.94. The molecule has 0 bridgehead atoms. The second kappa shape index (κ2) is 5.45. The molecule has 0 aliphatic carbocycles. The predicted molar refractivity (Wildman–Crippen MR) is 90.8 cm³/mol. The maximum absolute atomic E-state index is 11.0. The van der Waals surface area contributed by atoms with E-state index >= 15 is 0 Å². The van der Waals surface area contributed by atoms with Crippen molar-refractivity contribution in [3.63, 3.8) is 0 Å². The van der Waals surface area contributed by atoms with Crippen LogP contribution in [0.2, 0.25) is 4.34 Å². The van der Waals surface area contributed by atoms with Crippen LogP contribution in [-0.4, -0.2) is 6.29 Å². The van der Waals surface area contributed by atoms with E-state index in [-0.39, 0.29) is 0 Å². The third-order valence-electron chi connectivity index (χ3n) is 3.18. The molecule has 1 nitrogen and oxygen atoms in total. The van der Waals surface area contributed by atoms with Crippen LogP contribution in [0.15, 0.2) is 22.9 Å². The van der Waals surface area contributed by atoms with Gasteiger partial charge in [0.1, 0.15) is 0 Å². The summed E-state index contributed by atoms with van der Waals surface area (Å²) in [4.78, 5) is 14.1. The lowest BCUT2D eigenvalue weighted by Gasteiger charge is -2.03. The van der Waals surface area contributed by atoms with Crippen LogP contribution in [0.5, 0.6) is 0 Å². The number of carbonyl (C=O) groups excluding carboxylic acids is 1. The lowest BCUT2D eigenvalue weighted by Crippen LogP contribution is -1.79. The number of aryl methyl sites for hydroxylation is 2. The highest BCUT2D eigenvalue weighted by molar-refractivity contribution is 7.16. The van der Waals surface area contributed by atoms with E-state index in [1.165, 1.54) is 37.8 Å². The largest absolute Gasteiger partial charge is 0.297 e. The van der Waals surface area contributed by atoms with E-state index < -0.39 is 0 Å². The quantitative estimate of drug-likeness (QED) is 0.513. The van der Waals surface area contributed by atoms with Crippen molar-refractivity contribution in [2.24, 2.45) is 0 Å². The number of hydrogen-bond acceptors (Lipinski definition) is 4. The van der Waals surface area contributed by atoms with E-state index in [0.717, 1.165) is 21.1 Å². The van der Waals surface area contributed by atoms with Gasteiger partial charge in [-0.3, -0.25) is 4.79 Å². The molecule has 0 amide bonds. The van der Waals surface area contributed by atoms with Gasteiger partial charge >= 0.3 is 0 Å². The van der Waals surface area contributed by atoms with Gasteiger partial charge in [0.25, 0.3) is 0 Å². The zero-order valence-electron chi connectivity index (χ0n) is 10.9. The summed E-state index contributed by atoms with van der Waals surface area (Å²) in [5.41, 5.74) is 4.73. The summed E-state index contributed by atoms with van der Waals surface area (Å²) < 4.78 is 0.810. The van der Waals surface area contributed by atoms with Gasteiger partial charge in [0.15, 0.2) is 6.29 Å². The molecule has 5 heteroatoms. The first kappa shape index (κ1) is 14.0. The maximum Gasteiger partial charge on any atom is 0.160 e. The molecule has 0 N–H and O–H groups in total. The van der Waals surface area contributed by atoms with Crippen molar-refractivity contribution in [3.05, 3.63) is 41.9 Å². The Kier molecular flexibility index (Phi) is 3.82. The van der Waals surface area contributed by atoms with Crippen LogP contribution in [0, 0.1) is 13.8 Å². The molecule has 3 aromatic rings. The number of aldehydes is 1. The molecule has 0 unspecified atom stereocenters. The molecule has 0 aliphatic heterocycles. The average Bonchev–Trinajstić information content (AvgIpc) is 3.07. The summed E-state index contributed by atoms with van der Waals surface area (Å²) >= 11 is 10.9. The highest BCUT2D eigenvalue weighted by Crippen LogP contribution is 2.43. The molecule has 0 atom stereocenters. The second-order valence-electron chi connectivity index (χ2n) is 4.46. The number of carbonyl (C=O) groups is 1. The third-order valence-corrected chi connectivity index (χ3v) is 6.08. The highest BCUT2D eigenvalue weighted by Gasteiger charge is 2.16. The molecule has 0 fully saturated rings. The molecule has 0 aliphatic rings. The molecule has 3 heterocycles. The Morgan fingerprint density at radius 2 is 1.55 bits per heavy atom. The zero-order chi connectivity index (χ0) is 14.3. The van der Waals surface area contributed by atoms with Gasteiger partial charge in [-0.15, -0.1) is 22.7 Å². The fourth-order valence-electron chi connectivity index (χ4n) is 2.26. The van der Waals surface area contributed by atoms with E-state index in [1.54, 1.807) is 22.7 Å². The summed E-state index contributed by atoms with van der Waals surface area (Å²) in [6, 6.07) is 4.00. The van der Waals surface area contributed by atoms with E-state index in [2.05, 4.69) is 24.6 Å². The molecular formula is C15H11ClOS3. The van der Waals surface area contributed by atoms with Gasteiger partial charge in [-0.1, -0.05) is 11.6 Å². The molecule has 0 spiro atoms. The van der Waals surface area contributed by atoms with Gasteiger partial charge in [-0.05, 0) is 47.9 Å². The third kappa shape index (κ3) is 2.37. The fourth-order valence-corrected chi connectivity index (χ4v) is 5.17. The van der Waals surface area contributed by atoms with Gasteiger partial charge in [0, 0.05) is 20.9 Å². The summed E-state index contributed by atoms with van der Waals surface area (Å²) in [5, 5.41) is 4.29. The van der Waals surface area contributed by atoms with Crippen molar-refractivity contribution in [1.29, 1.82) is 0 Å². The monoisotopic (exact) mass is 338 g/mol. The summed E-state index contributed by atoms with van der Waals surface area (Å²) in [7, 11) is 0. The van der Waals surface area contributed by atoms with E-state index in [1.807, 2.05) is 12.1 Å². The second-order valence-corrected chi connectivity index (χ2v) is 8.38. The molecule has 0 saturated carbocycles. The molecule has 3 rings (SSSR count). The normalized spacial score (nSPS) is 10.9. The van der Waals surface area contributed by atoms with Gasteiger partial charge in [-0.25, -0.2) is 0 Å². The standard InChI is InChI=1S/C15H11ClOS3/c1-8-11(3-10(5-17)19-8)13-6-18-7-14(13)12-4-15(16)20-9(12)2/h3-7H,1-2H3. The Labute approximate surface area is 134 Å². The average molecular weight is 339 g/mol. The van der Waals surface area contributed by atoms with Crippen molar-refractivity contribution in [2.45, 2.75) is 13.8 Å². The Bertz CT molecular complexity index is 779. The number of halogens is 1. The lowest BCUT2D eigenvalue weighted by molar-refractivity contribution is 0.112. The molecule has 0 aromatic carbocycles. The smallest absolute Gasteiger partial charge is 0.160 e. The Morgan fingerprint density at radius 1 is 0.950 bits per heavy atom. The predicted octanol–water partition coefficient (Wildman–Crippen LogP) is 6.29. The summed E-state index contributed by atoms with van der Waals surface area (Å²) in [5.74, 6) is 0. The van der Waals surface area contributed by atoms with Gasteiger partial charge in [0.05, 0.1) is 9.21 Å². The zero-order valence-corrected chi connectivity index (χ0v) is 14.1. The minimum atomic E-state index is 0.773. The van der Waals surface area contributed by atoms with E-state index in [9.17, 15) is 4.79 Å². The minimum Gasteiger partial charge on any atom is -0.297 e. The van der Waals surface area contributed by atoms with E-state index in [4.69, 9.17) is 11.6 Å². The number of thiophene rings is 3. The van der Waals surface area contributed by atoms with Crippen LogP contribution in [0.4, 0.5) is 0 Å². The fraction of sp³-hybridized carbons (Fsp3) is 0.133. The topological polar surface area (TPSA) is 17.1 Å². The molecule has 102 valence electrons. The Hall–Kier alpha value is -0.940. The summed E-state index contributed by atoms with van der Waals surface area (Å²) in [6.07, 6.45) is 0.917. The Balaban J connectivity index is 2.17. The van der Waals surface area contributed by atoms with Gasteiger partial charge in [-0.2, -0.15) is 11.3 Å². The molecule has 3 aromatic heterocycles. The first-order valence-electron chi connectivity index (χ1n) is 5.98. The molecule has 20 heavy (non-hydrogen) atoms. The van der Waals surface area contributed by atoms with Crippen molar-refractivity contribution in [2.75, 3.05) is 0 Å². The van der Waals surface area contributed by atoms with Gasteiger partial charge < -0.3 is 0 Å². The first-order chi connectivity index (χ1) is 9.60. The molecular weight excluding hydrogens is 328 g/mol. The van der Waals surface area contributed by atoms with Crippen LogP contribution in [-0.2, 0) is 0 Å². The minimum absolute atomic E-state index is 0.773. The number of hydrogen-bond donors (Lipinski definition) is 0. The molecule has 0 radical (unpaired) electrons. The van der Waals surface area contributed by atoms with Crippen molar-refractivity contribution in [3.8, 4) is 22.3 Å². The summed E-state index contributed by atoms with van der Waals surface area (Å²) in [6.45, 7) is 4.15. The van der Waals surface area contributed by atoms with Crippen LogP contribution >= 0.6 is 45.6 Å². The number of rotatable bonds is 3. The molecule has 0 saturated heterocycles. The van der Waals surface area contributed by atoms with Crippen LogP contribution in [0.1, 0.15) is 19.4 Å². The van der Waals surface area contributed by atoms with Gasteiger partial charge in [0.2, 0.25) is 0 Å².